The minimum Gasteiger partial charge on any atom is -0.351 e. The van der Waals surface area contributed by atoms with E-state index in [0.29, 0.717) is 31.3 Å². The van der Waals surface area contributed by atoms with Crippen molar-refractivity contribution in [1.82, 2.24) is 29.7 Å². The van der Waals surface area contributed by atoms with Crippen molar-refractivity contribution in [2.75, 3.05) is 19.6 Å². The van der Waals surface area contributed by atoms with Crippen molar-refractivity contribution < 1.29 is 4.79 Å². The molecule has 9 heteroatoms. The molecule has 0 unspecified atom stereocenters. The lowest BCUT2D eigenvalue weighted by molar-refractivity contribution is 0.0947. The average molecular weight is 425 g/mol. The Hall–Kier alpha value is -2.78. The summed E-state index contributed by atoms with van der Waals surface area (Å²) in [7, 11) is 0. The predicted octanol–water partition coefficient (Wildman–Crippen LogP) is 1.62. The maximum atomic E-state index is 13.1. The number of carbonyl (C=O) groups excluding carboxylic acids is 1. The molecule has 0 saturated carbocycles. The monoisotopic (exact) mass is 424 g/mol. The number of nitrogens with one attached hydrogen (secondary N) is 2. The van der Waals surface area contributed by atoms with Crippen molar-refractivity contribution in [3.8, 4) is 0 Å². The van der Waals surface area contributed by atoms with E-state index in [9.17, 15) is 9.59 Å². The van der Waals surface area contributed by atoms with Gasteiger partial charge in [-0.25, -0.2) is 9.97 Å². The number of rotatable bonds is 6. The molecule has 156 valence electrons. The SMILES string of the molecule is O=C(NCCc1ncc[nH]1)c1ccc2n(c1=O)C[C@H]1C[C@@H]2CN(Cc2nccs2)C1. The fourth-order valence-electron chi connectivity index (χ4n) is 4.69. The van der Waals surface area contributed by atoms with E-state index in [4.69, 9.17) is 0 Å². The second-order valence-corrected chi connectivity index (χ2v) is 9.03. The normalized spacial score (nSPS) is 20.7. The van der Waals surface area contributed by atoms with Crippen molar-refractivity contribution in [3.63, 3.8) is 0 Å². The van der Waals surface area contributed by atoms with Crippen LogP contribution in [0.5, 0.6) is 0 Å². The molecular weight excluding hydrogens is 400 g/mol. The molecule has 1 saturated heterocycles. The number of nitrogens with zero attached hydrogens (tertiary/aromatic N) is 4. The second-order valence-electron chi connectivity index (χ2n) is 8.05. The third-order valence-electron chi connectivity index (χ3n) is 5.97. The van der Waals surface area contributed by atoms with Gasteiger partial charge in [0.15, 0.2) is 0 Å². The molecule has 3 aromatic rings. The highest BCUT2D eigenvalue weighted by molar-refractivity contribution is 7.09. The van der Waals surface area contributed by atoms with Gasteiger partial charge < -0.3 is 14.9 Å². The van der Waals surface area contributed by atoms with Crippen molar-refractivity contribution in [3.05, 3.63) is 68.5 Å². The van der Waals surface area contributed by atoms with Crippen LogP contribution in [0.3, 0.4) is 0 Å². The molecule has 2 bridgehead atoms. The van der Waals surface area contributed by atoms with Gasteiger partial charge in [-0.2, -0.15) is 0 Å². The zero-order valence-corrected chi connectivity index (χ0v) is 17.4. The maximum Gasteiger partial charge on any atom is 0.263 e. The summed E-state index contributed by atoms with van der Waals surface area (Å²) >= 11 is 1.69. The number of hydrogen-bond acceptors (Lipinski definition) is 6. The van der Waals surface area contributed by atoms with Gasteiger partial charge in [0, 0.05) is 68.2 Å². The van der Waals surface area contributed by atoms with Gasteiger partial charge in [-0.1, -0.05) is 0 Å². The molecule has 2 atom stereocenters. The number of carbonyl (C=O) groups is 1. The van der Waals surface area contributed by atoms with E-state index in [-0.39, 0.29) is 17.0 Å². The van der Waals surface area contributed by atoms with Gasteiger partial charge in [0.25, 0.3) is 11.5 Å². The smallest absolute Gasteiger partial charge is 0.263 e. The Balaban J connectivity index is 1.29. The summed E-state index contributed by atoms with van der Waals surface area (Å²) in [6.07, 6.45) is 6.98. The number of H-pyrrole nitrogens is 1. The summed E-state index contributed by atoms with van der Waals surface area (Å²) in [6.45, 7) is 3.86. The van der Waals surface area contributed by atoms with Gasteiger partial charge in [0.2, 0.25) is 0 Å². The summed E-state index contributed by atoms with van der Waals surface area (Å²) in [5.74, 6) is 1.24. The van der Waals surface area contributed by atoms with Gasteiger partial charge in [-0.3, -0.25) is 14.5 Å². The molecule has 5 heterocycles. The number of fused-ring (bicyclic) bond motifs is 4. The van der Waals surface area contributed by atoms with E-state index in [1.165, 1.54) is 0 Å². The van der Waals surface area contributed by atoms with E-state index in [0.717, 1.165) is 42.6 Å². The van der Waals surface area contributed by atoms with Crippen LogP contribution in [0.15, 0.2) is 40.9 Å². The standard InChI is InChI=1S/C21H24N6O2S/c28-20(25-4-3-18-22-5-6-23-18)16-1-2-17-15-9-14(11-27(17)21(16)29)10-26(12-15)13-19-24-7-8-30-19/h1-2,5-8,14-15H,3-4,9-13H2,(H,22,23)(H,25,28)/t14-,15+/m0/s1. The largest absolute Gasteiger partial charge is 0.351 e. The number of aromatic nitrogens is 4. The van der Waals surface area contributed by atoms with Crippen LogP contribution in [-0.2, 0) is 19.5 Å². The topological polar surface area (TPSA) is 95.9 Å². The quantitative estimate of drug-likeness (QED) is 0.627. The molecule has 0 spiro atoms. The number of hydrogen-bond donors (Lipinski definition) is 2. The molecule has 0 radical (unpaired) electrons. The van der Waals surface area contributed by atoms with E-state index in [2.05, 4.69) is 25.2 Å². The van der Waals surface area contributed by atoms with Crippen molar-refractivity contribution >= 4 is 17.2 Å². The van der Waals surface area contributed by atoms with Crippen LogP contribution in [0, 0.1) is 5.92 Å². The van der Waals surface area contributed by atoms with E-state index in [1.807, 2.05) is 22.2 Å². The molecule has 1 amide bonds. The molecule has 1 fully saturated rings. The van der Waals surface area contributed by atoms with E-state index in [1.54, 1.807) is 29.8 Å². The van der Waals surface area contributed by atoms with Gasteiger partial charge in [0.1, 0.15) is 16.4 Å². The van der Waals surface area contributed by atoms with Crippen LogP contribution in [0.2, 0.25) is 0 Å². The Kier molecular flexibility index (Phi) is 5.22. The summed E-state index contributed by atoms with van der Waals surface area (Å²) in [5, 5.41) is 5.98. The summed E-state index contributed by atoms with van der Waals surface area (Å²) in [6, 6.07) is 3.66. The molecular formula is C21H24N6O2S. The summed E-state index contributed by atoms with van der Waals surface area (Å²) < 4.78 is 1.83. The van der Waals surface area contributed by atoms with Gasteiger partial charge in [-0.05, 0) is 24.5 Å². The van der Waals surface area contributed by atoms with E-state index >= 15 is 0 Å². The first-order valence-electron chi connectivity index (χ1n) is 10.3. The average Bonchev–Trinajstić information content (AvgIpc) is 3.43. The number of likely N-dealkylation sites (tertiary alicyclic amines) is 1. The highest BCUT2D eigenvalue weighted by Gasteiger charge is 2.35. The zero-order chi connectivity index (χ0) is 20.5. The zero-order valence-electron chi connectivity index (χ0n) is 16.6. The highest BCUT2D eigenvalue weighted by atomic mass is 32.1. The molecule has 0 aromatic carbocycles. The van der Waals surface area contributed by atoms with Gasteiger partial charge >= 0.3 is 0 Å². The van der Waals surface area contributed by atoms with Gasteiger partial charge in [0.05, 0.1) is 6.54 Å². The molecule has 30 heavy (non-hydrogen) atoms. The molecule has 2 aliphatic heterocycles. The van der Waals surface area contributed by atoms with Crippen molar-refractivity contribution in [1.29, 1.82) is 0 Å². The number of aromatic amines is 1. The Labute approximate surface area is 178 Å². The number of amides is 1. The van der Waals surface area contributed by atoms with E-state index < -0.39 is 0 Å². The lowest BCUT2D eigenvalue weighted by atomic mass is 9.83. The first-order valence-corrected chi connectivity index (χ1v) is 11.2. The minimum atomic E-state index is -0.317. The van der Waals surface area contributed by atoms with Crippen LogP contribution in [-0.4, -0.2) is 50.0 Å². The number of piperidine rings is 1. The molecule has 2 N–H and O–H groups in total. The van der Waals surface area contributed by atoms with Crippen LogP contribution in [0.4, 0.5) is 0 Å². The first-order chi connectivity index (χ1) is 14.7. The minimum absolute atomic E-state index is 0.175. The lowest BCUT2D eigenvalue weighted by Crippen LogP contribution is -2.47. The van der Waals surface area contributed by atoms with Crippen molar-refractivity contribution in [2.45, 2.75) is 31.8 Å². The Morgan fingerprint density at radius 2 is 2.17 bits per heavy atom. The summed E-state index contributed by atoms with van der Waals surface area (Å²) in [5.41, 5.74) is 1.09. The number of imidazole rings is 1. The molecule has 3 aromatic heterocycles. The second kappa shape index (κ2) is 8.16. The third-order valence-corrected chi connectivity index (χ3v) is 6.73. The van der Waals surface area contributed by atoms with Crippen LogP contribution in [0.1, 0.15) is 39.2 Å². The maximum absolute atomic E-state index is 13.1. The molecule has 5 rings (SSSR count). The van der Waals surface area contributed by atoms with Crippen LogP contribution < -0.4 is 10.9 Å². The Morgan fingerprint density at radius 3 is 2.97 bits per heavy atom. The lowest BCUT2D eigenvalue weighted by Gasteiger charge is -2.42. The number of thiazole rings is 1. The summed E-state index contributed by atoms with van der Waals surface area (Å²) in [4.78, 5) is 39.7. The highest BCUT2D eigenvalue weighted by Crippen LogP contribution is 2.35. The molecule has 2 aliphatic rings. The number of pyridine rings is 1. The molecule has 0 aliphatic carbocycles. The first kappa shape index (κ1) is 19.2. The Morgan fingerprint density at radius 1 is 1.23 bits per heavy atom. The third kappa shape index (κ3) is 3.82. The van der Waals surface area contributed by atoms with Crippen LogP contribution in [0.25, 0.3) is 0 Å². The fourth-order valence-corrected chi connectivity index (χ4v) is 5.35. The Bertz CT molecular complexity index is 1080. The van der Waals surface area contributed by atoms with Crippen molar-refractivity contribution in [2.24, 2.45) is 5.92 Å². The molecule has 8 nitrogen and oxygen atoms in total. The van der Waals surface area contributed by atoms with Gasteiger partial charge in [-0.15, -0.1) is 11.3 Å². The fraction of sp³-hybridized carbons (Fsp3) is 0.429. The predicted molar refractivity (Wildman–Crippen MR) is 114 cm³/mol. The van der Waals surface area contributed by atoms with Crippen LogP contribution >= 0.6 is 11.3 Å².